The zero-order chi connectivity index (χ0) is 43.0. The summed E-state index contributed by atoms with van der Waals surface area (Å²) in [5.41, 5.74) is 0. The molecular formula is C53H97NO5. The van der Waals surface area contributed by atoms with Gasteiger partial charge in [-0.05, 0) is 89.9 Å². The molecule has 0 rings (SSSR count). The van der Waals surface area contributed by atoms with Gasteiger partial charge in [0.25, 0.3) is 0 Å². The molecule has 2 atom stereocenters. The van der Waals surface area contributed by atoms with E-state index in [4.69, 9.17) is 4.74 Å². The largest absolute Gasteiger partial charge is 0.466 e. The van der Waals surface area contributed by atoms with Crippen LogP contribution in [0, 0.1) is 0 Å². The number of esters is 1. The molecule has 0 heterocycles. The third kappa shape index (κ3) is 45.2. The highest BCUT2D eigenvalue weighted by atomic mass is 16.5. The molecule has 0 aromatic heterocycles. The van der Waals surface area contributed by atoms with Crippen LogP contribution in [-0.4, -0.2) is 47.4 Å². The quantitative estimate of drug-likeness (QED) is 0.0323. The Balaban J connectivity index is 3.46. The molecule has 6 nitrogen and oxygen atoms in total. The van der Waals surface area contributed by atoms with Crippen molar-refractivity contribution in [1.29, 1.82) is 0 Å². The van der Waals surface area contributed by atoms with Crippen LogP contribution < -0.4 is 5.32 Å². The van der Waals surface area contributed by atoms with Gasteiger partial charge in [0.1, 0.15) is 0 Å². The summed E-state index contributed by atoms with van der Waals surface area (Å²) in [6.07, 6.45) is 59.7. The third-order valence-electron chi connectivity index (χ3n) is 11.3. The first-order valence-electron chi connectivity index (χ1n) is 25.4. The lowest BCUT2D eigenvalue weighted by atomic mass is 10.1. The van der Waals surface area contributed by atoms with Crippen LogP contribution in [-0.2, 0) is 14.3 Å². The smallest absolute Gasteiger partial charge is 0.305 e. The van der Waals surface area contributed by atoms with E-state index < -0.39 is 12.1 Å². The first-order valence-corrected chi connectivity index (χ1v) is 25.4. The zero-order valence-corrected chi connectivity index (χ0v) is 39.0. The topological polar surface area (TPSA) is 95.9 Å². The minimum atomic E-state index is -0.851. The summed E-state index contributed by atoms with van der Waals surface area (Å²) < 4.78 is 5.46. The van der Waals surface area contributed by atoms with E-state index in [0.717, 1.165) is 70.6 Å². The van der Waals surface area contributed by atoms with Gasteiger partial charge in [0.15, 0.2) is 0 Å². The Kier molecular flexibility index (Phi) is 46.7. The number of hydrogen-bond acceptors (Lipinski definition) is 5. The number of aliphatic hydroxyl groups is 2. The predicted octanol–water partition coefficient (Wildman–Crippen LogP) is 15.1. The third-order valence-corrected chi connectivity index (χ3v) is 11.3. The highest BCUT2D eigenvalue weighted by Gasteiger charge is 2.18. The Labute approximate surface area is 366 Å². The van der Waals surface area contributed by atoms with E-state index in [1.54, 1.807) is 6.08 Å². The number of amides is 1. The summed E-state index contributed by atoms with van der Waals surface area (Å²) in [4.78, 5) is 24.4. The van der Waals surface area contributed by atoms with Crippen LogP contribution in [0.4, 0.5) is 0 Å². The Bertz CT molecular complexity index is 1000. The average molecular weight is 828 g/mol. The molecule has 0 saturated heterocycles. The Hall–Kier alpha value is -2.18. The molecule has 0 fully saturated rings. The number of allylic oxidation sites excluding steroid dienone is 7. The Morgan fingerprint density at radius 1 is 0.475 bits per heavy atom. The van der Waals surface area contributed by atoms with Gasteiger partial charge in [0.05, 0.1) is 25.4 Å². The number of unbranched alkanes of at least 4 members (excludes halogenated alkanes) is 29. The summed E-state index contributed by atoms with van der Waals surface area (Å²) in [6, 6.07) is -0.637. The summed E-state index contributed by atoms with van der Waals surface area (Å²) >= 11 is 0. The van der Waals surface area contributed by atoms with E-state index in [9.17, 15) is 19.8 Å². The number of ether oxygens (including phenoxy) is 1. The van der Waals surface area contributed by atoms with Crippen molar-refractivity contribution in [3.8, 4) is 0 Å². The average Bonchev–Trinajstić information content (AvgIpc) is 3.24. The maximum absolute atomic E-state index is 12.4. The standard InChI is InChI=1S/C53H97NO5/c1-3-5-7-9-11-13-14-15-20-24-27-31-35-39-43-47-53(58)59-48-44-40-36-32-28-25-22-19-17-16-18-21-23-26-30-34-38-42-46-52(57)54-50(49-55)51(56)45-41-37-33-29-12-10-8-6-4-2/h11,13,15,18,20-21,41,45,50-51,55-56H,3-10,12,14,16-17,19,22-40,42-44,46-49H2,1-2H3,(H,54,57)/b13-11-,20-15-,21-18-,45-41+. The van der Waals surface area contributed by atoms with E-state index in [1.165, 1.54) is 154 Å². The molecule has 0 saturated carbocycles. The van der Waals surface area contributed by atoms with Gasteiger partial charge >= 0.3 is 5.97 Å². The van der Waals surface area contributed by atoms with Crippen LogP contribution in [0.15, 0.2) is 48.6 Å². The number of hydrogen-bond donors (Lipinski definition) is 3. The van der Waals surface area contributed by atoms with Crippen molar-refractivity contribution < 1.29 is 24.5 Å². The molecule has 0 aliphatic carbocycles. The van der Waals surface area contributed by atoms with Crippen LogP contribution in [0.1, 0.15) is 251 Å². The van der Waals surface area contributed by atoms with Gasteiger partial charge in [-0.15, -0.1) is 0 Å². The van der Waals surface area contributed by atoms with E-state index in [0.29, 0.717) is 19.4 Å². The highest BCUT2D eigenvalue weighted by Crippen LogP contribution is 2.14. The van der Waals surface area contributed by atoms with E-state index >= 15 is 0 Å². The van der Waals surface area contributed by atoms with E-state index in [2.05, 4.69) is 55.6 Å². The molecule has 0 spiro atoms. The first kappa shape index (κ1) is 56.8. The van der Waals surface area contributed by atoms with Crippen LogP contribution in [0.25, 0.3) is 0 Å². The van der Waals surface area contributed by atoms with Crippen molar-refractivity contribution in [1.82, 2.24) is 5.32 Å². The van der Waals surface area contributed by atoms with Crippen molar-refractivity contribution in [2.24, 2.45) is 0 Å². The Morgan fingerprint density at radius 2 is 0.847 bits per heavy atom. The second kappa shape index (κ2) is 48.5. The lowest BCUT2D eigenvalue weighted by molar-refractivity contribution is -0.143. The van der Waals surface area contributed by atoms with Crippen molar-refractivity contribution in [3.63, 3.8) is 0 Å². The molecule has 0 radical (unpaired) electrons. The molecule has 344 valence electrons. The zero-order valence-electron chi connectivity index (χ0n) is 39.0. The summed E-state index contributed by atoms with van der Waals surface area (Å²) in [7, 11) is 0. The molecule has 0 aliphatic heterocycles. The number of rotatable bonds is 46. The van der Waals surface area contributed by atoms with Crippen molar-refractivity contribution in [3.05, 3.63) is 48.6 Å². The van der Waals surface area contributed by atoms with Gasteiger partial charge < -0.3 is 20.3 Å². The monoisotopic (exact) mass is 828 g/mol. The fourth-order valence-electron chi connectivity index (χ4n) is 7.36. The van der Waals surface area contributed by atoms with Crippen LogP contribution >= 0.6 is 0 Å². The molecule has 0 aromatic rings. The van der Waals surface area contributed by atoms with E-state index in [1.807, 2.05) is 6.08 Å². The molecule has 0 aromatic carbocycles. The summed E-state index contributed by atoms with van der Waals surface area (Å²) in [6.45, 7) is 4.81. The predicted molar refractivity (Wildman–Crippen MR) is 255 cm³/mol. The minimum Gasteiger partial charge on any atom is -0.466 e. The van der Waals surface area contributed by atoms with Gasteiger partial charge in [-0.1, -0.05) is 197 Å². The maximum Gasteiger partial charge on any atom is 0.305 e. The lowest BCUT2D eigenvalue weighted by Crippen LogP contribution is -2.45. The molecule has 3 N–H and O–H groups in total. The fraction of sp³-hybridized carbons (Fsp3) is 0.811. The van der Waals surface area contributed by atoms with Gasteiger partial charge in [-0.2, -0.15) is 0 Å². The van der Waals surface area contributed by atoms with Gasteiger partial charge in [0, 0.05) is 12.8 Å². The van der Waals surface area contributed by atoms with Crippen LogP contribution in [0.3, 0.4) is 0 Å². The summed E-state index contributed by atoms with van der Waals surface area (Å²) in [5.74, 6) is -0.100. The molecule has 0 bridgehead atoms. The van der Waals surface area contributed by atoms with Crippen molar-refractivity contribution in [2.75, 3.05) is 13.2 Å². The minimum absolute atomic E-state index is 0.0132. The molecule has 6 heteroatoms. The number of carbonyl (C=O) groups excluding carboxylic acids is 2. The highest BCUT2D eigenvalue weighted by molar-refractivity contribution is 5.76. The normalized spacial score (nSPS) is 13.1. The lowest BCUT2D eigenvalue weighted by Gasteiger charge is -2.20. The van der Waals surface area contributed by atoms with Crippen molar-refractivity contribution >= 4 is 11.9 Å². The number of carbonyl (C=O) groups is 2. The molecule has 2 unspecified atom stereocenters. The second-order valence-corrected chi connectivity index (χ2v) is 17.1. The first-order chi connectivity index (χ1) is 29.0. The molecular weight excluding hydrogens is 731 g/mol. The Morgan fingerprint density at radius 3 is 1.34 bits per heavy atom. The van der Waals surface area contributed by atoms with Crippen molar-refractivity contribution in [2.45, 2.75) is 264 Å². The van der Waals surface area contributed by atoms with E-state index in [-0.39, 0.29) is 18.5 Å². The van der Waals surface area contributed by atoms with Crippen LogP contribution in [0.5, 0.6) is 0 Å². The SMILES string of the molecule is CCCCC/C=C\C/C=C\CCCCCCCC(=O)OCCCCCCCCCCC/C=C\CCCCCCCC(=O)NC(CO)C(O)/C=C/CCCCCCCCC. The molecule has 59 heavy (non-hydrogen) atoms. The summed E-state index contributed by atoms with van der Waals surface area (Å²) in [5, 5.41) is 22.9. The van der Waals surface area contributed by atoms with Gasteiger partial charge in [-0.3, -0.25) is 9.59 Å². The number of aliphatic hydroxyl groups excluding tert-OH is 2. The molecule has 1 amide bonds. The maximum atomic E-state index is 12.4. The van der Waals surface area contributed by atoms with Gasteiger partial charge in [-0.25, -0.2) is 0 Å². The van der Waals surface area contributed by atoms with Gasteiger partial charge in [0.2, 0.25) is 5.91 Å². The number of nitrogens with one attached hydrogen (secondary N) is 1. The second-order valence-electron chi connectivity index (χ2n) is 17.1. The van der Waals surface area contributed by atoms with Crippen LogP contribution in [0.2, 0.25) is 0 Å². The fourth-order valence-corrected chi connectivity index (χ4v) is 7.36. The molecule has 0 aliphatic rings.